The molecule has 0 heterocycles. The van der Waals surface area contributed by atoms with Crippen molar-refractivity contribution < 1.29 is 0 Å². The summed E-state index contributed by atoms with van der Waals surface area (Å²) in [6, 6.07) is 0. The molecule has 0 rings (SSSR count). The first-order valence-electron chi connectivity index (χ1n) is 12.4. The van der Waals surface area contributed by atoms with E-state index in [9.17, 15) is 0 Å². The molecule has 0 unspecified atom stereocenters. The third-order valence-electron chi connectivity index (χ3n) is 5.69. The lowest BCUT2D eigenvalue weighted by atomic mass is 10.0. The molecule has 0 spiro atoms. The smallest absolute Gasteiger partial charge is 0.0353 e. The van der Waals surface area contributed by atoms with Gasteiger partial charge in [-0.2, -0.15) is 0 Å². The van der Waals surface area contributed by atoms with Gasteiger partial charge in [0.2, 0.25) is 0 Å². The van der Waals surface area contributed by atoms with Crippen molar-refractivity contribution in [3.63, 3.8) is 0 Å². The van der Waals surface area contributed by atoms with E-state index in [1.54, 1.807) is 0 Å². The van der Waals surface area contributed by atoms with Gasteiger partial charge in [0.1, 0.15) is 0 Å². The summed E-state index contributed by atoms with van der Waals surface area (Å²) in [6.07, 6.45) is 32.5. The minimum absolute atomic E-state index is 0.896. The van der Waals surface area contributed by atoms with Gasteiger partial charge in [-0.1, -0.05) is 142 Å². The van der Waals surface area contributed by atoms with E-state index in [1.165, 1.54) is 135 Å². The average molecular weight is 365 g/mol. The monoisotopic (exact) mass is 364 g/mol. The van der Waals surface area contributed by atoms with Crippen LogP contribution in [0.15, 0.2) is 12.7 Å². The van der Waals surface area contributed by atoms with Crippen molar-refractivity contribution in [2.45, 2.75) is 149 Å². The first-order valence-corrected chi connectivity index (χ1v) is 12.4. The van der Waals surface area contributed by atoms with Gasteiger partial charge in [-0.3, -0.25) is 0 Å². The second-order valence-electron chi connectivity index (χ2n) is 8.98. The molecule has 0 aliphatic carbocycles. The molecule has 0 aliphatic heterocycles. The van der Waals surface area contributed by atoms with Crippen molar-refractivity contribution in [2.24, 2.45) is 5.92 Å². The fourth-order valence-corrected chi connectivity index (χ4v) is 3.85. The molecule has 0 atom stereocenters. The molecule has 0 saturated carbocycles. The van der Waals surface area contributed by atoms with E-state index in [0.717, 1.165) is 5.92 Å². The van der Waals surface area contributed by atoms with Crippen molar-refractivity contribution in [2.75, 3.05) is 0 Å². The SMILES string of the molecule is C=CCCCCCCCCCCCCCCCCCCCCCC(C)C. The largest absolute Gasteiger partial charge is 0.103 e. The molecule has 156 valence electrons. The van der Waals surface area contributed by atoms with E-state index in [4.69, 9.17) is 0 Å². The average Bonchev–Trinajstić information content (AvgIpc) is 2.62. The summed E-state index contributed by atoms with van der Waals surface area (Å²) in [5.41, 5.74) is 0. The van der Waals surface area contributed by atoms with Gasteiger partial charge >= 0.3 is 0 Å². The highest BCUT2D eigenvalue weighted by Gasteiger charge is 1.96. The number of hydrogen-bond acceptors (Lipinski definition) is 0. The number of unbranched alkanes of at least 4 members (excludes halogenated alkanes) is 19. The molecule has 0 aromatic heterocycles. The predicted octanol–water partition coefficient (Wildman–Crippen LogP) is 10.0. The minimum atomic E-state index is 0.896. The van der Waals surface area contributed by atoms with E-state index in [0.29, 0.717) is 0 Å². The molecule has 0 aromatic carbocycles. The Kier molecular flexibility index (Phi) is 22.6. The van der Waals surface area contributed by atoms with Crippen LogP contribution in [0, 0.1) is 5.92 Å². The maximum Gasteiger partial charge on any atom is -0.0353 e. The molecule has 0 nitrogen and oxygen atoms in total. The Balaban J connectivity index is 2.98. The van der Waals surface area contributed by atoms with Crippen LogP contribution in [0.1, 0.15) is 149 Å². The predicted molar refractivity (Wildman–Crippen MR) is 122 cm³/mol. The van der Waals surface area contributed by atoms with Crippen LogP contribution in [0.2, 0.25) is 0 Å². The van der Waals surface area contributed by atoms with Crippen molar-refractivity contribution in [3.8, 4) is 0 Å². The third-order valence-corrected chi connectivity index (χ3v) is 5.69. The summed E-state index contributed by atoms with van der Waals surface area (Å²) in [6.45, 7) is 8.47. The second kappa shape index (κ2) is 22.8. The molecule has 0 fully saturated rings. The lowest BCUT2D eigenvalue weighted by molar-refractivity contribution is 0.501. The Morgan fingerprint density at radius 1 is 0.462 bits per heavy atom. The maximum atomic E-state index is 3.78. The molecule has 0 amide bonds. The standard InChI is InChI=1S/C26H52/c1-4-5-6-7-8-9-10-11-12-13-14-15-16-17-18-19-20-21-22-23-24-25-26(2)3/h4,26H,1,5-25H2,2-3H3. The Labute approximate surface area is 167 Å². The van der Waals surface area contributed by atoms with Gasteiger partial charge in [-0.05, 0) is 18.8 Å². The van der Waals surface area contributed by atoms with Crippen molar-refractivity contribution in [1.29, 1.82) is 0 Å². The molecule has 0 aromatic rings. The first-order chi connectivity index (χ1) is 12.8. The molecule has 0 aliphatic rings. The molecular weight excluding hydrogens is 312 g/mol. The second-order valence-corrected chi connectivity index (χ2v) is 8.98. The van der Waals surface area contributed by atoms with Gasteiger partial charge in [-0.25, -0.2) is 0 Å². The molecule has 0 saturated heterocycles. The van der Waals surface area contributed by atoms with Crippen LogP contribution in [0.3, 0.4) is 0 Å². The van der Waals surface area contributed by atoms with Crippen molar-refractivity contribution >= 4 is 0 Å². The summed E-state index contributed by atoms with van der Waals surface area (Å²) < 4.78 is 0. The quantitative estimate of drug-likeness (QED) is 0.132. The van der Waals surface area contributed by atoms with Gasteiger partial charge in [0, 0.05) is 0 Å². The van der Waals surface area contributed by atoms with Crippen LogP contribution in [0.4, 0.5) is 0 Å². The fourth-order valence-electron chi connectivity index (χ4n) is 3.85. The zero-order chi connectivity index (χ0) is 19.1. The van der Waals surface area contributed by atoms with E-state index in [-0.39, 0.29) is 0 Å². The normalized spacial score (nSPS) is 11.3. The van der Waals surface area contributed by atoms with Gasteiger partial charge < -0.3 is 0 Å². The van der Waals surface area contributed by atoms with Crippen LogP contribution < -0.4 is 0 Å². The lowest BCUT2D eigenvalue weighted by Gasteiger charge is -2.05. The zero-order valence-corrected chi connectivity index (χ0v) is 18.7. The van der Waals surface area contributed by atoms with E-state index < -0.39 is 0 Å². The van der Waals surface area contributed by atoms with E-state index in [1.807, 2.05) is 0 Å². The molecular formula is C26H52. The van der Waals surface area contributed by atoms with Gasteiger partial charge in [0.25, 0.3) is 0 Å². The topological polar surface area (TPSA) is 0 Å². The first kappa shape index (κ1) is 25.7. The minimum Gasteiger partial charge on any atom is -0.103 e. The third kappa shape index (κ3) is 23.7. The summed E-state index contributed by atoms with van der Waals surface area (Å²) in [4.78, 5) is 0. The molecule has 0 heteroatoms. The van der Waals surface area contributed by atoms with Crippen molar-refractivity contribution in [3.05, 3.63) is 12.7 Å². The summed E-state index contributed by atoms with van der Waals surface area (Å²) in [5, 5.41) is 0. The van der Waals surface area contributed by atoms with Crippen molar-refractivity contribution in [1.82, 2.24) is 0 Å². The molecule has 26 heavy (non-hydrogen) atoms. The van der Waals surface area contributed by atoms with Crippen LogP contribution in [0.5, 0.6) is 0 Å². The van der Waals surface area contributed by atoms with Gasteiger partial charge in [-0.15, -0.1) is 6.58 Å². The Bertz CT molecular complexity index is 253. The maximum absolute atomic E-state index is 3.78. The molecule has 0 radical (unpaired) electrons. The lowest BCUT2D eigenvalue weighted by Crippen LogP contribution is -1.87. The summed E-state index contributed by atoms with van der Waals surface area (Å²) in [7, 11) is 0. The van der Waals surface area contributed by atoms with Gasteiger partial charge in [0.15, 0.2) is 0 Å². The number of allylic oxidation sites excluding steroid dienone is 1. The summed E-state index contributed by atoms with van der Waals surface area (Å²) in [5.74, 6) is 0.896. The Hall–Kier alpha value is -0.260. The Morgan fingerprint density at radius 2 is 0.731 bits per heavy atom. The van der Waals surface area contributed by atoms with Crippen LogP contribution in [-0.4, -0.2) is 0 Å². The van der Waals surface area contributed by atoms with Crippen LogP contribution in [0.25, 0.3) is 0 Å². The van der Waals surface area contributed by atoms with E-state index >= 15 is 0 Å². The van der Waals surface area contributed by atoms with Gasteiger partial charge in [0.05, 0.1) is 0 Å². The van der Waals surface area contributed by atoms with Crippen LogP contribution >= 0.6 is 0 Å². The highest BCUT2D eigenvalue weighted by Crippen LogP contribution is 2.15. The fraction of sp³-hybridized carbons (Fsp3) is 0.923. The highest BCUT2D eigenvalue weighted by molar-refractivity contribution is 4.65. The number of hydrogen-bond donors (Lipinski definition) is 0. The van der Waals surface area contributed by atoms with E-state index in [2.05, 4.69) is 26.5 Å². The number of rotatable bonds is 22. The molecule has 0 bridgehead atoms. The summed E-state index contributed by atoms with van der Waals surface area (Å²) >= 11 is 0. The van der Waals surface area contributed by atoms with Crippen LogP contribution in [-0.2, 0) is 0 Å². The highest BCUT2D eigenvalue weighted by atomic mass is 14.0. The zero-order valence-electron chi connectivity index (χ0n) is 18.7. The molecule has 0 N–H and O–H groups in total. The Morgan fingerprint density at radius 3 is 1.00 bits per heavy atom.